The number of rotatable bonds is 15. The van der Waals surface area contributed by atoms with Crippen LogP contribution in [0.15, 0.2) is 280 Å². The number of fused-ring (bicyclic) bond motifs is 2. The number of anilines is 6. The van der Waals surface area contributed by atoms with Crippen molar-refractivity contribution in [3.05, 3.63) is 291 Å². The molecule has 2 heteroatoms. The molecule has 0 aliphatic heterocycles. The van der Waals surface area contributed by atoms with Crippen molar-refractivity contribution in [3.8, 4) is 44.5 Å². The van der Waals surface area contributed by atoms with Gasteiger partial charge in [-0.1, -0.05) is 249 Å². The highest BCUT2D eigenvalue weighted by Gasteiger charge is 2.23. The van der Waals surface area contributed by atoms with E-state index in [1.54, 1.807) is 12.2 Å². The molecule has 2 unspecified atom stereocenters. The maximum absolute atomic E-state index is 3.36. The topological polar surface area (TPSA) is 6.48 Å². The lowest BCUT2D eigenvalue weighted by Gasteiger charge is -2.28. The summed E-state index contributed by atoms with van der Waals surface area (Å²) >= 11 is 0. The Balaban J connectivity index is 0.00000118. The number of allylic oxidation sites excluding steroid dienone is 2. The number of nitrogens with zero attached hydrogens (tertiary/aromatic N) is 2. The minimum atomic E-state index is 0.486. The van der Waals surface area contributed by atoms with E-state index in [2.05, 4.69) is 305 Å². The van der Waals surface area contributed by atoms with E-state index >= 15 is 0 Å². The van der Waals surface area contributed by atoms with Crippen molar-refractivity contribution in [1.29, 1.82) is 0 Å². The smallest absolute Gasteiger partial charge is 0.0468 e. The highest BCUT2D eigenvalue weighted by atomic mass is 15.1. The summed E-state index contributed by atoms with van der Waals surface area (Å²) in [6.07, 6.45) is 5.48. The van der Waals surface area contributed by atoms with Crippen LogP contribution < -0.4 is 9.80 Å². The Morgan fingerprint density at radius 1 is 0.308 bits per heavy atom. The maximum atomic E-state index is 3.36. The minimum Gasteiger partial charge on any atom is -0.310 e. The van der Waals surface area contributed by atoms with Crippen molar-refractivity contribution in [1.82, 2.24) is 0 Å². The number of hydrogen-bond acceptors (Lipinski definition) is 2. The van der Waals surface area contributed by atoms with Crippen molar-refractivity contribution in [2.75, 3.05) is 9.80 Å². The Kier molecular flexibility index (Phi) is 17.7. The van der Waals surface area contributed by atoms with Gasteiger partial charge in [0.25, 0.3) is 0 Å². The van der Waals surface area contributed by atoms with Gasteiger partial charge < -0.3 is 9.80 Å². The molecule has 386 valence electrons. The fourth-order valence-electron chi connectivity index (χ4n) is 10.5. The molecule has 0 amide bonds. The lowest BCUT2D eigenvalue weighted by atomic mass is 9.85. The van der Waals surface area contributed by atoms with Crippen molar-refractivity contribution < 1.29 is 0 Å². The zero-order valence-corrected chi connectivity index (χ0v) is 46.3. The van der Waals surface area contributed by atoms with Gasteiger partial charge in [-0.2, -0.15) is 0 Å². The highest BCUT2D eigenvalue weighted by molar-refractivity contribution is 6.22. The lowest BCUT2D eigenvalue weighted by Crippen LogP contribution is -2.11. The van der Waals surface area contributed by atoms with E-state index in [1.807, 2.05) is 13.8 Å². The van der Waals surface area contributed by atoms with Gasteiger partial charge in [-0.15, -0.1) is 0 Å². The van der Waals surface area contributed by atoms with E-state index in [4.69, 9.17) is 0 Å². The molecule has 78 heavy (non-hydrogen) atoms. The summed E-state index contributed by atoms with van der Waals surface area (Å²) in [4.78, 5) is 4.85. The van der Waals surface area contributed by atoms with Crippen molar-refractivity contribution >= 4 is 55.7 Å². The maximum Gasteiger partial charge on any atom is 0.0468 e. The van der Waals surface area contributed by atoms with Crippen LogP contribution in [-0.4, -0.2) is 0 Å². The second kappa shape index (κ2) is 25.7. The Morgan fingerprint density at radius 3 is 0.846 bits per heavy atom. The van der Waals surface area contributed by atoms with Crippen LogP contribution in [0.25, 0.3) is 66.1 Å². The summed E-state index contributed by atoms with van der Waals surface area (Å²) in [6, 6.07) is 94.0. The fraction of sp³-hybridized carbons (Fsp3) is 0.132. The molecule has 0 bridgehead atoms. The molecule has 11 aromatic rings. The average molecular weight is 1010 g/mol. The zero-order chi connectivity index (χ0) is 54.4. The van der Waals surface area contributed by atoms with Crippen molar-refractivity contribution in [3.63, 3.8) is 0 Å². The molecule has 2 nitrogen and oxygen atoms in total. The van der Waals surface area contributed by atoms with Gasteiger partial charge >= 0.3 is 0 Å². The molecule has 2 atom stereocenters. The summed E-state index contributed by atoms with van der Waals surface area (Å²) in [5.41, 5.74) is 19.0. The Hall–Kier alpha value is -8.98. The first-order valence-electron chi connectivity index (χ1n) is 27.9. The highest BCUT2D eigenvalue weighted by Crippen LogP contribution is 2.49. The third kappa shape index (κ3) is 11.7. The second-order valence-corrected chi connectivity index (χ2v) is 19.7. The molecule has 0 heterocycles. The van der Waals surface area contributed by atoms with Gasteiger partial charge in [0.2, 0.25) is 0 Å². The molecule has 0 aromatic heterocycles. The van der Waals surface area contributed by atoms with Gasteiger partial charge in [-0.05, 0) is 175 Å². The van der Waals surface area contributed by atoms with Gasteiger partial charge in [0.1, 0.15) is 0 Å². The Bertz CT molecular complexity index is 3430. The predicted molar refractivity (Wildman–Crippen MR) is 342 cm³/mol. The average Bonchev–Trinajstić information content (AvgIpc) is 3.70. The summed E-state index contributed by atoms with van der Waals surface area (Å²) in [5, 5.41) is 4.82. The number of hydrogen-bond donors (Lipinski definition) is 0. The van der Waals surface area contributed by atoms with E-state index in [0.29, 0.717) is 11.8 Å². The molecule has 0 fully saturated rings. The van der Waals surface area contributed by atoms with Gasteiger partial charge in [-0.3, -0.25) is 0 Å². The third-order valence-corrected chi connectivity index (χ3v) is 15.0. The van der Waals surface area contributed by atoms with E-state index in [9.17, 15) is 0 Å². The number of benzene rings is 11. The summed E-state index contributed by atoms with van der Waals surface area (Å²) in [6.45, 7) is 19.9. The summed E-state index contributed by atoms with van der Waals surface area (Å²) in [5.74, 6) is 0.971. The fourth-order valence-corrected chi connectivity index (χ4v) is 10.5. The molecule has 11 aromatic carbocycles. The molecule has 0 saturated heterocycles. The van der Waals surface area contributed by atoms with E-state index in [-0.39, 0.29) is 0 Å². The molecular weight excluding hydrogens is 941 g/mol. The molecule has 0 spiro atoms. The molecule has 0 saturated carbocycles. The second-order valence-electron chi connectivity index (χ2n) is 19.7. The van der Waals surface area contributed by atoms with E-state index < -0.39 is 0 Å². The Labute approximate surface area is 465 Å². The molecule has 0 aliphatic carbocycles. The molecule has 0 N–H and O–H groups in total. The largest absolute Gasteiger partial charge is 0.310 e. The monoisotopic (exact) mass is 1010 g/mol. The quantitative estimate of drug-likeness (QED) is 0.0746. The van der Waals surface area contributed by atoms with Crippen LogP contribution >= 0.6 is 0 Å². The van der Waals surface area contributed by atoms with Crippen LogP contribution in [0.4, 0.5) is 34.1 Å². The van der Waals surface area contributed by atoms with Gasteiger partial charge in [-0.25, -0.2) is 0 Å². The summed E-state index contributed by atoms with van der Waals surface area (Å²) in [7, 11) is 0. The van der Waals surface area contributed by atoms with E-state index in [1.165, 1.54) is 77.2 Å². The first kappa shape index (κ1) is 53.8. The van der Waals surface area contributed by atoms with Crippen LogP contribution in [0, 0.1) is 0 Å². The van der Waals surface area contributed by atoms with Crippen molar-refractivity contribution in [2.24, 2.45) is 0 Å². The van der Waals surface area contributed by atoms with Crippen LogP contribution in [0.2, 0.25) is 0 Å². The van der Waals surface area contributed by atoms with Gasteiger partial charge in [0.15, 0.2) is 0 Å². The van der Waals surface area contributed by atoms with Crippen LogP contribution in [0.5, 0.6) is 0 Å². The van der Waals surface area contributed by atoms with Gasteiger partial charge in [0, 0.05) is 34.1 Å². The predicted octanol–water partition coefficient (Wildman–Crippen LogP) is 23.0. The zero-order valence-electron chi connectivity index (χ0n) is 46.3. The molecule has 0 radical (unpaired) electrons. The minimum absolute atomic E-state index is 0.486. The molecular formula is C76H72N2. The summed E-state index contributed by atoms with van der Waals surface area (Å²) < 4.78 is 0. The SMILES string of the molecule is C=CC=C.CC.CCC(C)c1ccc(N(c2ccc(-c3ccccc3)cc2)c2ccc3c(-c4ccccc4)c4cc(N(c5ccc(-c6ccccc6)cc5)c5ccc(C(C)CC)cc5)ccc4c(-c4ccccc4)c3c2)cc1. The standard InChI is InChI=1S/C70H60N2.C4H6.C2H6/c1-5-49(3)51-27-35-59(36-28-51)71(61-39-31-55(32-40-61)53-19-11-7-12-20-53)63-43-45-65-67(47-63)69(57-23-15-9-16-24-57)66-46-44-64(48-68(66)70(65)58-25-17-10-18-26-58)72(60-37-29-52(30-38-60)50(4)6-2)62-41-33-56(34-42-62)54-21-13-8-14-22-54;1-3-4-2;1-2/h7-50H,5-6H2,1-4H3;3-4H,1-2H2;1-2H3. The normalized spacial score (nSPS) is 11.6. The lowest BCUT2D eigenvalue weighted by molar-refractivity contribution is 0.733. The van der Waals surface area contributed by atoms with Crippen LogP contribution in [-0.2, 0) is 0 Å². The van der Waals surface area contributed by atoms with E-state index in [0.717, 1.165) is 47.0 Å². The molecule has 11 rings (SSSR count). The van der Waals surface area contributed by atoms with Gasteiger partial charge in [0.05, 0.1) is 0 Å². The third-order valence-electron chi connectivity index (χ3n) is 15.0. The van der Waals surface area contributed by atoms with Crippen molar-refractivity contribution in [2.45, 2.75) is 66.2 Å². The van der Waals surface area contributed by atoms with Crippen LogP contribution in [0.3, 0.4) is 0 Å². The molecule has 0 aliphatic rings. The first-order valence-corrected chi connectivity index (χ1v) is 27.9. The first-order chi connectivity index (χ1) is 38.4. The van der Waals surface area contributed by atoms with Crippen LogP contribution in [0.1, 0.15) is 77.3 Å². The Morgan fingerprint density at radius 2 is 0.564 bits per heavy atom.